The molecule has 1 aromatic heterocycles. The van der Waals surface area contributed by atoms with Gasteiger partial charge in [0.25, 0.3) is 5.56 Å². The van der Waals surface area contributed by atoms with E-state index in [-0.39, 0.29) is 17.2 Å². The molecular formula is C11H15N3O4. The second-order valence-electron chi connectivity index (χ2n) is 4.42. The number of hydrogen-bond acceptors (Lipinski definition) is 5. The van der Waals surface area contributed by atoms with Crippen molar-refractivity contribution in [3.8, 4) is 5.75 Å². The predicted octanol–water partition coefficient (Wildman–Crippen LogP) is -0.0646. The zero-order valence-electron chi connectivity index (χ0n) is 10.2. The Labute approximate surface area is 103 Å². The molecule has 0 bridgehead atoms. The van der Waals surface area contributed by atoms with Gasteiger partial charge >= 0.3 is 5.97 Å². The van der Waals surface area contributed by atoms with Gasteiger partial charge in [-0.2, -0.15) is 0 Å². The number of nitrogens with one attached hydrogen (secondary N) is 1. The lowest BCUT2D eigenvalue weighted by atomic mass is 9.99. The standard InChI is InChI=1S/C11H15N3O4/c1-6-3-14(4-7(6)11(16)17)9-8(18-2)10(15)13-5-12-9/h5-7H,3-4H2,1-2H3,(H,16,17)(H,12,13,15)/t6-,7-/m1/s1. The maximum Gasteiger partial charge on any atom is 0.308 e. The number of nitrogens with zero attached hydrogens (tertiary/aromatic N) is 2. The summed E-state index contributed by atoms with van der Waals surface area (Å²) in [6, 6.07) is 0. The number of methoxy groups -OCH3 is 1. The van der Waals surface area contributed by atoms with Crippen molar-refractivity contribution in [2.75, 3.05) is 25.1 Å². The third kappa shape index (κ3) is 2.03. The molecule has 2 atom stereocenters. The van der Waals surface area contributed by atoms with Gasteiger partial charge in [0, 0.05) is 13.1 Å². The second-order valence-corrected chi connectivity index (χ2v) is 4.42. The third-order valence-electron chi connectivity index (χ3n) is 3.22. The Morgan fingerprint density at radius 1 is 1.61 bits per heavy atom. The summed E-state index contributed by atoms with van der Waals surface area (Å²) < 4.78 is 5.02. The molecule has 1 aromatic rings. The van der Waals surface area contributed by atoms with Crippen molar-refractivity contribution in [2.24, 2.45) is 11.8 Å². The van der Waals surface area contributed by atoms with Crippen molar-refractivity contribution in [3.63, 3.8) is 0 Å². The normalized spacial score (nSPS) is 23.1. The van der Waals surface area contributed by atoms with Crippen LogP contribution in [0.5, 0.6) is 5.75 Å². The smallest absolute Gasteiger partial charge is 0.308 e. The molecule has 7 heteroatoms. The minimum atomic E-state index is -0.825. The number of ether oxygens (including phenoxy) is 1. The predicted molar refractivity (Wildman–Crippen MR) is 63.9 cm³/mol. The number of carboxylic acid groups (broad SMARTS) is 1. The lowest BCUT2D eigenvalue weighted by molar-refractivity contribution is -0.142. The fourth-order valence-corrected chi connectivity index (χ4v) is 2.25. The molecule has 1 aliphatic heterocycles. The van der Waals surface area contributed by atoms with E-state index in [1.807, 2.05) is 6.92 Å². The first-order chi connectivity index (χ1) is 8.54. The zero-order valence-corrected chi connectivity index (χ0v) is 10.2. The van der Waals surface area contributed by atoms with Crippen LogP contribution in [-0.2, 0) is 4.79 Å². The van der Waals surface area contributed by atoms with Crippen LogP contribution in [0, 0.1) is 11.8 Å². The number of H-pyrrole nitrogens is 1. The molecule has 0 aromatic carbocycles. The molecule has 18 heavy (non-hydrogen) atoms. The van der Waals surface area contributed by atoms with Crippen LogP contribution in [0.3, 0.4) is 0 Å². The molecule has 0 radical (unpaired) electrons. The molecule has 1 aliphatic rings. The number of aromatic amines is 1. The first-order valence-corrected chi connectivity index (χ1v) is 5.64. The fourth-order valence-electron chi connectivity index (χ4n) is 2.25. The number of carbonyl (C=O) groups is 1. The Morgan fingerprint density at radius 3 is 2.89 bits per heavy atom. The highest BCUT2D eigenvalue weighted by atomic mass is 16.5. The Bertz CT molecular complexity index is 513. The van der Waals surface area contributed by atoms with Gasteiger partial charge in [-0.25, -0.2) is 4.98 Å². The molecule has 98 valence electrons. The van der Waals surface area contributed by atoms with E-state index in [2.05, 4.69) is 9.97 Å². The number of rotatable bonds is 3. The molecule has 2 rings (SSSR count). The van der Waals surface area contributed by atoms with E-state index in [0.717, 1.165) is 0 Å². The molecule has 1 fully saturated rings. The Morgan fingerprint density at radius 2 is 2.33 bits per heavy atom. The van der Waals surface area contributed by atoms with E-state index in [1.54, 1.807) is 4.90 Å². The van der Waals surface area contributed by atoms with Crippen LogP contribution in [0.1, 0.15) is 6.92 Å². The topological polar surface area (TPSA) is 95.5 Å². The summed E-state index contributed by atoms with van der Waals surface area (Å²) in [6.07, 6.45) is 1.29. The average molecular weight is 253 g/mol. The molecule has 0 spiro atoms. The van der Waals surface area contributed by atoms with E-state index in [1.165, 1.54) is 13.4 Å². The van der Waals surface area contributed by atoms with E-state index in [9.17, 15) is 9.59 Å². The van der Waals surface area contributed by atoms with Crippen LogP contribution in [0.4, 0.5) is 5.82 Å². The number of carboxylic acids is 1. The molecule has 0 amide bonds. The number of anilines is 1. The van der Waals surface area contributed by atoms with Gasteiger partial charge in [-0.3, -0.25) is 9.59 Å². The monoisotopic (exact) mass is 253 g/mol. The molecule has 2 heterocycles. The van der Waals surface area contributed by atoms with Crippen LogP contribution in [0.15, 0.2) is 11.1 Å². The van der Waals surface area contributed by atoms with E-state index < -0.39 is 11.9 Å². The van der Waals surface area contributed by atoms with Crippen LogP contribution in [-0.4, -0.2) is 41.2 Å². The summed E-state index contributed by atoms with van der Waals surface area (Å²) in [6.45, 7) is 2.76. The minimum Gasteiger partial charge on any atom is -0.489 e. The summed E-state index contributed by atoms with van der Waals surface area (Å²) in [7, 11) is 1.39. The second kappa shape index (κ2) is 4.67. The van der Waals surface area contributed by atoms with Gasteiger partial charge in [-0.05, 0) is 5.92 Å². The summed E-state index contributed by atoms with van der Waals surface area (Å²) in [5, 5.41) is 9.08. The van der Waals surface area contributed by atoms with Gasteiger partial charge in [0.15, 0.2) is 5.82 Å². The Hall–Kier alpha value is -2.05. The largest absolute Gasteiger partial charge is 0.489 e. The molecule has 0 saturated carbocycles. The molecule has 0 unspecified atom stereocenters. The van der Waals surface area contributed by atoms with Crippen LogP contribution in [0.25, 0.3) is 0 Å². The Kier molecular flexibility index (Phi) is 3.22. The van der Waals surface area contributed by atoms with Gasteiger partial charge in [-0.1, -0.05) is 6.92 Å². The van der Waals surface area contributed by atoms with Crippen molar-refractivity contribution >= 4 is 11.8 Å². The van der Waals surface area contributed by atoms with Crippen molar-refractivity contribution in [3.05, 3.63) is 16.7 Å². The summed E-state index contributed by atoms with van der Waals surface area (Å²) >= 11 is 0. The van der Waals surface area contributed by atoms with E-state index in [4.69, 9.17) is 9.84 Å². The van der Waals surface area contributed by atoms with Gasteiger partial charge in [0.05, 0.1) is 19.4 Å². The highest BCUT2D eigenvalue weighted by Gasteiger charge is 2.36. The molecule has 1 saturated heterocycles. The quantitative estimate of drug-likeness (QED) is 0.783. The lowest BCUT2D eigenvalue weighted by Crippen LogP contribution is -2.26. The maximum atomic E-state index is 11.6. The third-order valence-corrected chi connectivity index (χ3v) is 3.22. The van der Waals surface area contributed by atoms with Gasteiger partial charge in [0.1, 0.15) is 0 Å². The van der Waals surface area contributed by atoms with Crippen LogP contribution >= 0.6 is 0 Å². The van der Waals surface area contributed by atoms with Crippen LogP contribution < -0.4 is 15.2 Å². The summed E-state index contributed by atoms with van der Waals surface area (Å²) in [5.41, 5.74) is -0.367. The summed E-state index contributed by atoms with van der Waals surface area (Å²) in [5.74, 6) is -0.745. The van der Waals surface area contributed by atoms with Gasteiger partial charge < -0.3 is 19.7 Å². The highest BCUT2D eigenvalue weighted by Crippen LogP contribution is 2.30. The molecular weight excluding hydrogens is 238 g/mol. The van der Waals surface area contributed by atoms with Crippen LogP contribution in [0.2, 0.25) is 0 Å². The first-order valence-electron chi connectivity index (χ1n) is 5.64. The zero-order chi connectivity index (χ0) is 13.3. The van der Waals surface area contributed by atoms with Gasteiger partial charge in [-0.15, -0.1) is 0 Å². The molecule has 0 aliphatic carbocycles. The molecule has 2 N–H and O–H groups in total. The number of aliphatic carboxylic acids is 1. The fraction of sp³-hybridized carbons (Fsp3) is 0.545. The number of aromatic nitrogens is 2. The van der Waals surface area contributed by atoms with Gasteiger partial charge in [0.2, 0.25) is 5.75 Å². The number of hydrogen-bond donors (Lipinski definition) is 2. The Balaban J connectivity index is 2.32. The average Bonchev–Trinajstić information content (AvgIpc) is 2.71. The van der Waals surface area contributed by atoms with E-state index in [0.29, 0.717) is 18.9 Å². The lowest BCUT2D eigenvalue weighted by Gasteiger charge is -2.18. The highest BCUT2D eigenvalue weighted by molar-refractivity contribution is 5.72. The van der Waals surface area contributed by atoms with E-state index >= 15 is 0 Å². The van der Waals surface area contributed by atoms with Crippen molar-refractivity contribution in [1.29, 1.82) is 0 Å². The first kappa shape index (κ1) is 12.4. The van der Waals surface area contributed by atoms with Crippen molar-refractivity contribution in [1.82, 2.24) is 9.97 Å². The maximum absolute atomic E-state index is 11.6. The van der Waals surface area contributed by atoms with Crippen molar-refractivity contribution < 1.29 is 14.6 Å². The minimum absolute atomic E-state index is 0.00768. The molecule has 7 nitrogen and oxygen atoms in total. The SMILES string of the molecule is COc1c(N2C[C@@H](C)[C@H](C(=O)O)C2)nc[nH]c1=O. The van der Waals surface area contributed by atoms with Crippen molar-refractivity contribution in [2.45, 2.75) is 6.92 Å². The summed E-state index contributed by atoms with van der Waals surface area (Å²) in [4.78, 5) is 30.9.